The van der Waals surface area contributed by atoms with Gasteiger partial charge >= 0.3 is 0 Å². The Bertz CT molecular complexity index is 906. The number of aliphatic hydroxyl groups excluding tert-OH is 1. The molecular weight excluding hydrogens is 422 g/mol. The van der Waals surface area contributed by atoms with Gasteiger partial charge < -0.3 is 15.7 Å². The predicted octanol–water partition coefficient (Wildman–Crippen LogP) is 4.77. The van der Waals surface area contributed by atoms with Crippen LogP contribution in [0.1, 0.15) is 69.1 Å². The second-order valence-electron chi connectivity index (χ2n) is 9.29. The Morgan fingerprint density at radius 2 is 1.70 bits per heavy atom. The number of hydrogen-bond donors (Lipinski definition) is 3. The molecule has 1 saturated carbocycles. The van der Waals surface area contributed by atoms with Crippen molar-refractivity contribution >= 4 is 5.91 Å². The maximum absolute atomic E-state index is 13.7. The maximum atomic E-state index is 13.7. The fraction of sp³-hybridized carbons (Fsp3) is 0.519. The Balaban J connectivity index is 1.79. The molecule has 1 fully saturated rings. The number of benzene rings is 2. The van der Waals surface area contributed by atoms with Crippen LogP contribution in [0.3, 0.4) is 0 Å². The molecule has 3 N–H and O–H groups in total. The number of nitrogens with one attached hydrogen (secondary N) is 2. The van der Waals surface area contributed by atoms with Crippen molar-refractivity contribution in [2.45, 2.75) is 82.9 Å². The summed E-state index contributed by atoms with van der Waals surface area (Å²) in [5.74, 6) is -1.64. The molecule has 33 heavy (non-hydrogen) atoms. The first-order chi connectivity index (χ1) is 15.8. The Labute approximate surface area is 195 Å². The van der Waals surface area contributed by atoms with E-state index in [9.17, 15) is 18.7 Å². The van der Waals surface area contributed by atoms with Gasteiger partial charge in [-0.05, 0) is 54.5 Å². The minimum absolute atomic E-state index is 0.134. The summed E-state index contributed by atoms with van der Waals surface area (Å²) in [6.45, 7) is 3.78. The fourth-order valence-corrected chi connectivity index (χ4v) is 4.96. The molecule has 0 aliphatic heterocycles. The summed E-state index contributed by atoms with van der Waals surface area (Å²) in [5, 5.41) is 17.5. The average molecular weight is 459 g/mol. The molecule has 4 nitrogen and oxygen atoms in total. The molecule has 2 atom stereocenters. The summed E-state index contributed by atoms with van der Waals surface area (Å²) in [6, 6.07) is 11.3. The highest BCUT2D eigenvalue weighted by Crippen LogP contribution is 2.36. The number of aliphatic hydroxyl groups is 1. The van der Waals surface area contributed by atoms with Crippen molar-refractivity contribution in [2.75, 3.05) is 6.54 Å². The quantitative estimate of drug-likeness (QED) is 0.474. The average Bonchev–Trinajstić information content (AvgIpc) is 3.03. The van der Waals surface area contributed by atoms with Gasteiger partial charge in [0.05, 0.1) is 12.1 Å². The van der Waals surface area contributed by atoms with Crippen LogP contribution in [0.2, 0.25) is 0 Å². The molecule has 2 aromatic rings. The van der Waals surface area contributed by atoms with Crippen LogP contribution in [0.25, 0.3) is 0 Å². The molecule has 6 heteroatoms. The number of halogens is 2. The number of carbonyl (C=O) groups excluding carboxylic acids is 1. The zero-order valence-electron chi connectivity index (χ0n) is 19.7. The molecule has 0 unspecified atom stereocenters. The molecule has 1 amide bonds. The Morgan fingerprint density at radius 3 is 2.30 bits per heavy atom. The third-order valence-corrected chi connectivity index (χ3v) is 6.73. The first kappa shape index (κ1) is 25.3. The second-order valence-corrected chi connectivity index (χ2v) is 9.29. The van der Waals surface area contributed by atoms with Crippen LogP contribution < -0.4 is 10.6 Å². The fourth-order valence-electron chi connectivity index (χ4n) is 4.96. The van der Waals surface area contributed by atoms with Gasteiger partial charge in [0.2, 0.25) is 5.91 Å². The number of aryl methyl sites for hydroxylation is 1. The summed E-state index contributed by atoms with van der Waals surface area (Å²) in [5.41, 5.74) is 2.67. The molecular formula is C27H36F2N2O2. The zero-order valence-corrected chi connectivity index (χ0v) is 19.7. The van der Waals surface area contributed by atoms with E-state index in [0.717, 1.165) is 38.2 Å². The topological polar surface area (TPSA) is 61.4 Å². The van der Waals surface area contributed by atoms with Crippen molar-refractivity contribution < 1.29 is 18.7 Å². The third kappa shape index (κ3) is 7.08. The maximum Gasteiger partial charge on any atom is 0.217 e. The molecule has 1 aliphatic rings. The van der Waals surface area contributed by atoms with E-state index in [1.807, 2.05) is 0 Å². The molecule has 0 saturated heterocycles. The van der Waals surface area contributed by atoms with E-state index in [-0.39, 0.29) is 24.4 Å². The summed E-state index contributed by atoms with van der Waals surface area (Å²) in [4.78, 5) is 11.8. The Hall–Kier alpha value is -2.31. The van der Waals surface area contributed by atoms with Crippen molar-refractivity contribution in [3.05, 3.63) is 70.8 Å². The van der Waals surface area contributed by atoms with Crippen LogP contribution >= 0.6 is 0 Å². The summed E-state index contributed by atoms with van der Waals surface area (Å²) in [7, 11) is 0. The Morgan fingerprint density at radius 1 is 1.03 bits per heavy atom. The van der Waals surface area contributed by atoms with Gasteiger partial charge in [-0.25, -0.2) is 8.78 Å². The minimum atomic E-state index is -0.922. The first-order valence-electron chi connectivity index (χ1n) is 12.1. The SMILES string of the molecule is CCc1cccc(C2(NC[C@H](O)[C@H](Cc3cc(F)cc(F)c3)NC(C)=O)CCCCCC2)c1. The van der Waals surface area contributed by atoms with Crippen LogP contribution in [0.15, 0.2) is 42.5 Å². The Kier molecular flexibility index (Phi) is 8.98. The monoisotopic (exact) mass is 458 g/mol. The number of amides is 1. The van der Waals surface area contributed by atoms with Crippen LogP contribution in [-0.4, -0.2) is 29.7 Å². The molecule has 0 spiro atoms. The highest BCUT2D eigenvalue weighted by molar-refractivity contribution is 5.73. The second kappa shape index (κ2) is 11.7. The van der Waals surface area contributed by atoms with Crippen molar-refractivity contribution in [1.82, 2.24) is 10.6 Å². The van der Waals surface area contributed by atoms with E-state index < -0.39 is 23.8 Å². The van der Waals surface area contributed by atoms with Gasteiger partial charge in [-0.2, -0.15) is 0 Å². The highest BCUT2D eigenvalue weighted by atomic mass is 19.1. The van der Waals surface area contributed by atoms with E-state index in [4.69, 9.17) is 0 Å². The van der Waals surface area contributed by atoms with Crippen molar-refractivity contribution in [1.29, 1.82) is 0 Å². The normalized spacial score (nSPS) is 17.7. The van der Waals surface area contributed by atoms with Crippen LogP contribution in [0.5, 0.6) is 0 Å². The lowest BCUT2D eigenvalue weighted by molar-refractivity contribution is -0.120. The van der Waals surface area contributed by atoms with Crippen molar-refractivity contribution in [3.8, 4) is 0 Å². The molecule has 0 aromatic heterocycles. The van der Waals surface area contributed by atoms with Gasteiger partial charge in [0.25, 0.3) is 0 Å². The van der Waals surface area contributed by atoms with Gasteiger partial charge in [0.1, 0.15) is 11.6 Å². The lowest BCUT2D eigenvalue weighted by atomic mass is 9.81. The molecule has 0 heterocycles. The summed E-state index contributed by atoms with van der Waals surface area (Å²) in [6.07, 6.45) is 6.73. The van der Waals surface area contributed by atoms with E-state index in [2.05, 4.69) is 41.8 Å². The molecule has 180 valence electrons. The lowest BCUT2D eigenvalue weighted by Crippen LogP contribution is -2.52. The first-order valence-corrected chi connectivity index (χ1v) is 12.1. The number of hydrogen-bond acceptors (Lipinski definition) is 3. The van der Waals surface area contributed by atoms with Crippen LogP contribution in [0.4, 0.5) is 8.78 Å². The molecule has 0 bridgehead atoms. The molecule has 2 aromatic carbocycles. The number of carbonyl (C=O) groups is 1. The van der Waals surface area contributed by atoms with E-state index in [1.54, 1.807) is 0 Å². The predicted molar refractivity (Wildman–Crippen MR) is 127 cm³/mol. The van der Waals surface area contributed by atoms with Crippen molar-refractivity contribution in [2.24, 2.45) is 0 Å². The standard InChI is InChI=1S/C27H36F2N2O2/c1-3-20-9-8-10-22(13-20)27(11-6-4-5-7-12-27)30-18-26(33)25(31-19(2)32)16-21-14-23(28)17-24(29)15-21/h8-10,13-15,17,25-26,30,33H,3-7,11-12,16,18H2,1-2H3,(H,31,32)/t25-,26-/m0/s1. The van der Waals surface area contributed by atoms with Gasteiger partial charge in [0.15, 0.2) is 0 Å². The van der Waals surface area contributed by atoms with Gasteiger partial charge in [-0.1, -0.05) is 56.9 Å². The minimum Gasteiger partial charge on any atom is -0.390 e. The third-order valence-electron chi connectivity index (χ3n) is 6.73. The summed E-state index contributed by atoms with van der Waals surface area (Å²) < 4.78 is 27.3. The van der Waals surface area contributed by atoms with Gasteiger partial charge in [-0.3, -0.25) is 4.79 Å². The smallest absolute Gasteiger partial charge is 0.217 e. The highest BCUT2D eigenvalue weighted by Gasteiger charge is 2.34. The molecule has 3 rings (SSSR count). The molecule has 0 radical (unpaired) electrons. The van der Waals surface area contributed by atoms with Crippen molar-refractivity contribution in [3.63, 3.8) is 0 Å². The zero-order chi connectivity index (χ0) is 23.8. The van der Waals surface area contributed by atoms with Crippen LogP contribution in [0, 0.1) is 11.6 Å². The lowest BCUT2D eigenvalue weighted by Gasteiger charge is -2.37. The van der Waals surface area contributed by atoms with Crippen LogP contribution in [-0.2, 0) is 23.2 Å². The van der Waals surface area contributed by atoms with E-state index in [1.165, 1.54) is 43.0 Å². The summed E-state index contributed by atoms with van der Waals surface area (Å²) >= 11 is 0. The van der Waals surface area contributed by atoms with E-state index >= 15 is 0 Å². The van der Waals surface area contributed by atoms with E-state index in [0.29, 0.717) is 5.56 Å². The van der Waals surface area contributed by atoms with Gasteiger partial charge in [-0.15, -0.1) is 0 Å². The van der Waals surface area contributed by atoms with Gasteiger partial charge in [0, 0.05) is 25.1 Å². The molecule has 1 aliphatic carbocycles. The number of rotatable bonds is 9. The largest absolute Gasteiger partial charge is 0.390 e.